The van der Waals surface area contributed by atoms with E-state index in [0.717, 1.165) is 0 Å². The lowest BCUT2D eigenvalue weighted by atomic mass is 10.0. The number of amides is 2. The molecular weight excluding hydrogens is 540 g/mol. The lowest BCUT2D eigenvalue weighted by Crippen LogP contribution is -2.34. The molecule has 2 aromatic rings. The van der Waals surface area contributed by atoms with Crippen molar-refractivity contribution in [3.05, 3.63) is 54.4 Å². The van der Waals surface area contributed by atoms with Crippen molar-refractivity contribution < 1.29 is 31.8 Å². The van der Waals surface area contributed by atoms with Crippen LogP contribution in [-0.4, -0.2) is 45.3 Å². The molecule has 0 heterocycles. The molecule has 1 saturated carbocycles. The van der Waals surface area contributed by atoms with Gasteiger partial charge < -0.3 is 25.4 Å². The van der Waals surface area contributed by atoms with E-state index < -0.39 is 23.4 Å². The quantitative estimate of drug-likeness (QED) is 0.126. The fourth-order valence-electron chi connectivity index (χ4n) is 3.72. The molecule has 0 aromatic heterocycles. The summed E-state index contributed by atoms with van der Waals surface area (Å²) in [5.74, 6) is -0.257. The molecule has 11 heteroatoms. The molecule has 0 aliphatic heterocycles. The predicted octanol–water partition coefficient (Wildman–Crippen LogP) is 8.32. The second kappa shape index (κ2) is 16.0. The number of benzene rings is 2. The summed E-state index contributed by atoms with van der Waals surface area (Å²) in [5.41, 5.74) is 0.120. The standard InChI is InChI=1S/C26H30F4N4O3.C4H10/c1-4-31-22-16-20(37-14-13-36-3)15-21(27)23(22)17(2)33-18-5-7-19(8-6-18)34-24(35)32-12-11-25(9-10-25)26(28,29)30;1-3-4-2/h4-8,15-16,33H,2,9-14H2,1,3H3,(H2,32,34,35);3-4H2,1-2H3. The largest absolute Gasteiger partial charge is 0.491 e. The number of anilines is 2. The molecule has 0 unspecified atom stereocenters. The maximum atomic E-state index is 14.9. The molecule has 0 radical (unpaired) electrons. The highest BCUT2D eigenvalue weighted by molar-refractivity contribution is 5.90. The van der Waals surface area contributed by atoms with E-state index in [-0.39, 0.29) is 43.7 Å². The second-order valence-electron chi connectivity index (χ2n) is 9.62. The van der Waals surface area contributed by atoms with E-state index in [9.17, 15) is 22.4 Å². The molecule has 1 aliphatic rings. The van der Waals surface area contributed by atoms with Crippen LogP contribution in [-0.2, 0) is 4.74 Å². The molecule has 0 atom stereocenters. The van der Waals surface area contributed by atoms with Crippen molar-refractivity contribution in [3.63, 3.8) is 0 Å². The number of unbranched alkanes of at least 4 members (excludes halogenated alkanes) is 1. The van der Waals surface area contributed by atoms with Crippen LogP contribution in [0.15, 0.2) is 48.0 Å². The summed E-state index contributed by atoms with van der Waals surface area (Å²) < 4.78 is 64.3. The van der Waals surface area contributed by atoms with Crippen molar-refractivity contribution in [3.8, 4) is 5.75 Å². The number of aliphatic imine (C=N–C) groups is 1. The van der Waals surface area contributed by atoms with Gasteiger partial charge in [0.05, 0.1) is 23.3 Å². The molecule has 2 amide bonds. The fourth-order valence-corrected chi connectivity index (χ4v) is 3.72. The molecule has 1 fully saturated rings. The fraction of sp³-hybridized carbons (Fsp3) is 0.467. The van der Waals surface area contributed by atoms with Crippen LogP contribution in [0.25, 0.3) is 5.70 Å². The molecule has 7 nitrogen and oxygen atoms in total. The van der Waals surface area contributed by atoms with E-state index in [1.807, 2.05) is 0 Å². The van der Waals surface area contributed by atoms with Crippen molar-refractivity contribution in [1.29, 1.82) is 0 Å². The van der Waals surface area contributed by atoms with E-state index in [2.05, 4.69) is 41.4 Å². The Balaban J connectivity index is 0.00000138. The number of nitrogens with zero attached hydrogens (tertiary/aromatic N) is 1. The van der Waals surface area contributed by atoms with E-state index in [1.54, 1.807) is 44.4 Å². The van der Waals surface area contributed by atoms with Crippen molar-refractivity contribution >= 4 is 35.0 Å². The minimum Gasteiger partial charge on any atom is -0.491 e. The van der Waals surface area contributed by atoms with Gasteiger partial charge in [-0.15, -0.1) is 0 Å². The van der Waals surface area contributed by atoms with Crippen LogP contribution in [0.1, 0.15) is 58.4 Å². The Bertz CT molecular complexity index is 1160. The summed E-state index contributed by atoms with van der Waals surface area (Å²) >= 11 is 0. The topological polar surface area (TPSA) is 84.0 Å². The van der Waals surface area contributed by atoms with Crippen molar-refractivity contribution in [1.82, 2.24) is 5.32 Å². The van der Waals surface area contributed by atoms with Gasteiger partial charge in [0, 0.05) is 49.1 Å². The molecule has 0 bridgehead atoms. The average Bonchev–Trinajstić information content (AvgIpc) is 3.71. The summed E-state index contributed by atoms with van der Waals surface area (Å²) in [5, 5.41) is 8.06. The Hall–Kier alpha value is -3.60. The Morgan fingerprint density at radius 3 is 2.20 bits per heavy atom. The van der Waals surface area contributed by atoms with Crippen molar-refractivity contribution in [2.45, 2.75) is 59.1 Å². The molecule has 2 aromatic carbocycles. The average molecular weight is 581 g/mol. The van der Waals surface area contributed by atoms with Gasteiger partial charge >= 0.3 is 12.2 Å². The third kappa shape index (κ3) is 10.4. The number of hydrogen-bond acceptors (Lipinski definition) is 5. The smallest absolute Gasteiger partial charge is 0.394 e. The number of hydrogen-bond donors (Lipinski definition) is 3. The van der Waals surface area contributed by atoms with Gasteiger partial charge in [0.15, 0.2) is 0 Å². The summed E-state index contributed by atoms with van der Waals surface area (Å²) in [7, 11) is 1.54. The van der Waals surface area contributed by atoms with Gasteiger partial charge in [-0.05, 0) is 50.5 Å². The normalized spacial score (nSPS) is 13.7. The number of ether oxygens (including phenoxy) is 2. The van der Waals surface area contributed by atoms with Crippen LogP contribution in [0.3, 0.4) is 0 Å². The highest BCUT2D eigenvalue weighted by Crippen LogP contribution is 2.59. The maximum Gasteiger partial charge on any atom is 0.394 e. The number of alkyl halides is 3. The van der Waals surface area contributed by atoms with E-state index in [1.165, 1.54) is 25.1 Å². The lowest BCUT2D eigenvalue weighted by Gasteiger charge is -2.19. The summed E-state index contributed by atoms with van der Waals surface area (Å²) in [6.45, 7) is 10.5. The number of nitrogens with one attached hydrogen (secondary N) is 3. The number of rotatable bonds is 13. The highest BCUT2D eigenvalue weighted by atomic mass is 19.4. The van der Waals surface area contributed by atoms with Gasteiger partial charge in [-0.3, -0.25) is 4.99 Å². The summed E-state index contributed by atoms with van der Waals surface area (Å²) in [6.07, 6.45) is -0.0199. The first-order valence-corrected chi connectivity index (χ1v) is 13.6. The first-order valence-electron chi connectivity index (χ1n) is 13.6. The molecule has 41 heavy (non-hydrogen) atoms. The zero-order valence-corrected chi connectivity index (χ0v) is 24.1. The molecule has 0 spiro atoms. The molecule has 3 rings (SSSR count). The van der Waals surface area contributed by atoms with Crippen LogP contribution in [0.4, 0.5) is 39.4 Å². The Labute approximate surface area is 239 Å². The number of carbonyl (C=O) groups is 1. The van der Waals surface area contributed by atoms with Crippen LogP contribution in [0, 0.1) is 11.2 Å². The molecule has 1 aliphatic carbocycles. The first-order chi connectivity index (χ1) is 19.5. The van der Waals surface area contributed by atoms with E-state index >= 15 is 0 Å². The number of carbonyl (C=O) groups excluding carboxylic acids is 1. The van der Waals surface area contributed by atoms with Crippen LogP contribution < -0.4 is 20.7 Å². The summed E-state index contributed by atoms with van der Waals surface area (Å²) in [4.78, 5) is 16.3. The molecular formula is C30H40F4N4O3. The van der Waals surface area contributed by atoms with Crippen molar-refractivity contribution in [2.24, 2.45) is 10.4 Å². The van der Waals surface area contributed by atoms with Gasteiger partial charge in [-0.25, -0.2) is 9.18 Å². The van der Waals surface area contributed by atoms with Gasteiger partial charge in [0.1, 0.15) is 18.2 Å². The Kier molecular flexibility index (Phi) is 13.1. The number of urea groups is 1. The predicted molar refractivity (Wildman–Crippen MR) is 157 cm³/mol. The van der Waals surface area contributed by atoms with Crippen LogP contribution in [0.5, 0.6) is 5.75 Å². The number of methoxy groups -OCH3 is 1. The van der Waals surface area contributed by atoms with E-state index in [0.29, 0.717) is 29.4 Å². The Morgan fingerprint density at radius 1 is 1.07 bits per heavy atom. The molecule has 3 N–H and O–H groups in total. The third-order valence-electron chi connectivity index (χ3n) is 6.45. The minimum absolute atomic E-state index is 0.0742. The van der Waals surface area contributed by atoms with Gasteiger partial charge in [0.25, 0.3) is 0 Å². The van der Waals surface area contributed by atoms with Crippen LogP contribution >= 0.6 is 0 Å². The Morgan fingerprint density at radius 2 is 1.68 bits per heavy atom. The second-order valence-corrected chi connectivity index (χ2v) is 9.62. The zero-order chi connectivity index (χ0) is 30.5. The van der Waals surface area contributed by atoms with Crippen molar-refractivity contribution in [2.75, 3.05) is 37.5 Å². The zero-order valence-electron chi connectivity index (χ0n) is 24.1. The highest BCUT2D eigenvalue weighted by Gasteiger charge is 2.62. The van der Waals surface area contributed by atoms with Crippen LogP contribution in [0.2, 0.25) is 0 Å². The maximum absolute atomic E-state index is 14.9. The monoisotopic (exact) mass is 580 g/mol. The van der Waals surface area contributed by atoms with Gasteiger partial charge in [-0.2, -0.15) is 13.2 Å². The minimum atomic E-state index is -4.25. The SMILES string of the molecule is C=C(Nc1ccc(NC(=O)NCCC2(C(F)(F)F)CC2)cc1)c1c(F)cc(OCCOC)cc1N=CC.CCCC. The lowest BCUT2D eigenvalue weighted by molar-refractivity contribution is -0.188. The third-order valence-corrected chi connectivity index (χ3v) is 6.45. The van der Waals surface area contributed by atoms with E-state index in [4.69, 9.17) is 9.47 Å². The summed E-state index contributed by atoms with van der Waals surface area (Å²) in [6, 6.07) is 8.74. The molecule has 226 valence electrons. The molecule has 0 saturated heterocycles. The van der Waals surface area contributed by atoms with Gasteiger partial charge in [0.2, 0.25) is 0 Å². The number of halogens is 4. The van der Waals surface area contributed by atoms with Gasteiger partial charge in [-0.1, -0.05) is 33.3 Å². The first kappa shape index (κ1) is 33.6.